The quantitative estimate of drug-likeness (QED) is 0.575. The molecule has 72 valence electrons. The van der Waals surface area contributed by atoms with Gasteiger partial charge in [0.15, 0.2) is 0 Å². The van der Waals surface area contributed by atoms with Crippen LogP contribution in [0, 0.1) is 0 Å². The second-order valence-electron chi connectivity index (χ2n) is 1.87. The van der Waals surface area contributed by atoms with Gasteiger partial charge in [0.05, 0.1) is 0 Å². The van der Waals surface area contributed by atoms with E-state index < -0.39 is 0 Å². The van der Waals surface area contributed by atoms with Crippen molar-refractivity contribution in [1.82, 2.24) is 0 Å². The summed E-state index contributed by atoms with van der Waals surface area (Å²) in [5.41, 5.74) is 1.56. The van der Waals surface area contributed by atoms with Crippen LogP contribution in [-0.4, -0.2) is 30.0 Å². The summed E-state index contributed by atoms with van der Waals surface area (Å²) in [6.07, 6.45) is 0. The molecule has 13 heavy (non-hydrogen) atoms. The van der Waals surface area contributed by atoms with Gasteiger partial charge in [-0.15, -0.1) is 10.2 Å². The van der Waals surface area contributed by atoms with Crippen LogP contribution in [-0.2, 0) is 0 Å². The van der Waals surface area contributed by atoms with E-state index in [1.807, 2.05) is 13.8 Å². The summed E-state index contributed by atoms with van der Waals surface area (Å²) >= 11 is 0. The van der Waals surface area contributed by atoms with Gasteiger partial charge in [0, 0.05) is 0 Å². The predicted molar refractivity (Wildman–Crippen MR) is 49.3 cm³/mol. The van der Waals surface area contributed by atoms with Crippen LogP contribution in [0.25, 0.3) is 0 Å². The van der Waals surface area contributed by atoms with Gasteiger partial charge in [-0.2, -0.15) is 10.2 Å². The van der Waals surface area contributed by atoms with E-state index in [9.17, 15) is 0 Å². The van der Waals surface area contributed by atoms with Crippen LogP contribution in [0.5, 0.6) is 0 Å². The third-order valence-electron chi connectivity index (χ3n) is 1.23. The van der Waals surface area contributed by atoms with Gasteiger partial charge in [0.25, 0.3) is 0 Å². The van der Waals surface area contributed by atoms with Crippen molar-refractivity contribution in [3.63, 3.8) is 0 Å². The average molecular weight is 184 g/mol. The summed E-state index contributed by atoms with van der Waals surface area (Å²) in [6, 6.07) is 0. The molecule has 2 N–H and O–H groups in total. The molecule has 7 nitrogen and oxygen atoms in total. The highest BCUT2D eigenvalue weighted by Gasteiger charge is 2.14. The Morgan fingerprint density at radius 1 is 0.846 bits per heavy atom. The van der Waals surface area contributed by atoms with Crippen LogP contribution in [0.15, 0.2) is 30.9 Å². The van der Waals surface area contributed by atoms with Crippen molar-refractivity contribution in [2.45, 2.75) is 13.8 Å². The SMILES string of the molecule is C1N=NN=C1C1=NN=NC1.CC.O. The lowest BCUT2D eigenvalue weighted by Crippen LogP contribution is -2.15. The van der Waals surface area contributed by atoms with Crippen LogP contribution in [0.4, 0.5) is 0 Å². The first kappa shape index (κ1) is 11.5. The number of rotatable bonds is 1. The summed E-state index contributed by atoms with van der Waals surface area (Å²) in [4.78, 5) is 0. The minimum absolute atomic E-state index is 0. The zero-order valence-corrected chi connectivity index (χ0v) is 7.60. The van der Waals surface area contributed by atoms with Crippen molar-refractivity contribution in [2.75, 3.05) is 13.1 Å². The normalized spacial score (nSPS) is 17.1. The van der Waals surface area contributed by atoms with Gasteiger partial charge in [-0.25, -0.2) is 0 Å². The fourth-order valence-corrected chi connectivity index (χ4v) is 0.730. The first-order valence-electron chi connectivity index (χ1n) is 3.84. The van der Waals surface area contributed by atoms with Crippen LogP contribution < -0.4 is 0 Å². The molecule has 0 aromatic carbocycles. The van der Waals surface area contributed by atoms with E-state index in [1.165, 1.54) is 0 Å². The summed E-state index contributed by atoms with van der Waals surface area (Å²) in [5.74, 6) is 0. The molecule has 2 heterocycles. The van der Waals surface area contributed by atoms with E-state index in [2.05, 4.69) is 30.9 Å². The third-order valence-corrected chi connectivity index (χ3v) is 1.23. The van der Waals surface area contributed by atoms with Crippen LogP contribution in [0.2, 0.25) is 0 Å². The second-order valence-corrected chi connectivity index (χ2v) is 1.87. The van der Waals surface area contributed by atoms with Crippen molar-refractivity contribution in [3.05, 3.63) is 0 Å². The van der Waals surface area contributed by atoms with E-state index in [1.54, 1.807) is 0 Å². The van der Waals surface area contributed by atoms with Crippen molar-refractivity contribution in [2.24, 2.45) is 30.9 Å². The lowest BCUT2D eigenvalue weighted by Gasteiger charge is -1.89. The lowest BCUT2D eigenvalue weighted by molar-refractivity contribution is 0.824. The molecule has 2 aliphatic rings. The van der Waals surface area contributed by atoms with E-state index in [-0.39, 0.29) is 5.48 Å². The monoisotopic (exact) mass is 184 g/mol. The van der Waals surface area contributed by atoms with E-state index >= 15 is 0 Å². The maximum Gasteiger partial charge on any atom is 0.114 e. The molecule has 2 rings (SSSR count). The number of hydrogen-bond donors (Lipinski definition) is 0. The lowest BCUT2D eigenvalue weighted by atomic mass is 10.2. The Labute approximate surface area is 75.7 Å². The Balaban J connectivity index is 0.000000451. The number of hydrogen-bond acceptors (Lipinski definition) is 6. The van der Waals surface area contributed by atoms with Crippen LogP contribution in [0.1, 0.15) is 13.8 Å². The molecule has 0 unspecified atom stereocenters. The van der Waals surface area contributed by atoms with Gasteiger partial charge < -0.3 is 5.48 Å². The Hall–Kier alpha value is -1.50. The van der Waals surface area contributed by atoms with Gasteiger partial charge in [-0.3, -0.25) is 0 Å². The Morgan fingerprint density at radius 3 is 1.46 bits per heavy atom. The fraction of sp³-hybridized carbons (Fsp3) is 0.667. The van der Waals surface area contributed by atoms with Gasteiger partial charge in [-0.1, -0.05) is 13.8 Å². The van der Waals surface area contributed by atoms with Crippen molar-refractivity contribution < 1.29 is 5.48 Å². The molecule has 0 saturated carbocycles. The molecule has 0 saturated heterocycles. The minimum atomic E-state index is 0. The highest BCUT2D eigenvalue weighted by molar-refractivity contribution is 6.44. The van der Waals surface area contributed by atoms with Crippen LogP contribution in [0.3, 0.4) is 0 Å². The second kappa shape index (κ2) is 6.06. The van der Waals surface area contributed by atoms with Gasteiger partial charge in [-0.05, 0) is 10.4 Å². The zero-order chi connectivity index (χ0) is 8.81. The molecule has 0 spiro atoms. The maximum absolute atomic E-state index is 3.74. The molecule has 0 aliphatic carbocycles. The maximum atomic E-state index is 3.74. The van der Waals surface area contributed by atoms with E-state index in [0.29, 0.717) is 13.1 Å². The summed E-state index contributed by atoms with van der Waals surface area (Å²) in [7, 11) is 0. The van der Waals surface area contributed by atoms with Crippen molar-refractivity contribution >= 4 is 11.4 Å². The highest BCUT2D eigenvalue weighted by Crippen LogP contribution is 2.02. The molecular formula is C6H12N6O. The van der Waals surface area contributed by atoms with E-state index in [0.717, 1.165) is 11.4 Å². The average Bonchev–Trinajstić information content (AvgIpc) is 2.80. The molecule has 0 fully saturated rings. The minimum Gasteiger partial charge on any atom is -0.412 e. The number of nitrogens with zero attached hydrogens (tertiary/aromatic N) is 6. The first-order chi connectivity index (χ1) is 5.97. The summed E-state index contributed by atoms with van der Waals surface area (Å²) in [5, 5.41) is 21.7. The molecular weight excluding hydrogens is 172 g/mol. The smallest absolute Gasteiger partial charge is 0.114 e. The summed E-state index contributed by atoms with van der Waals surface area (Å²) in [6.45, 7) is 5.04. The molecule has 7 heteroatoms. The first-order valence-corrected chi connectivity index (χ1v) is 3.84. The summed E-state index contributed by atoms with van der Waals surface area (Å²) < 4.78 is 0. The Morgan fingerprint density at radius 2 is 1.23 bits per heavy atom. The largest absolute Gasteiger partial charge is 0.412 e. The van der Waals surface area contributed by atoms with E-state index in [4.69, 9.17) is 0 Å². The molecule has 0 amide bonds. The Bertz CT molecular complexity index is 238. The topological polar surface area (TPSA) is 106 Å². The van der Waals surface area contributed by atoms with Gasteiger partial charge in [0.2, 0.25) is 0 Å². The molecule has 0 atom stereocenters. The Kier molecular flexibility index (Phi) is 5.37. The molecule has 0 aromatic heterocycles. The predicted octanol–water partition coefficient (Wildman–Crippen LogP) is 0.832. The van der Waals surface area contributed by atoms with Crippen LogP contribution >= 0.6 is 0 Å². The molecule has 0 radical (unpaired) electrons. The van der Waals surface area contributed by atoms with Crippen molar-refractivity contribution in [3.8, 4) is 0 Å². The molecule has 0 aromatic rings. The van der Waals surface area contributed by atoms with Gasteiger partial charge in [0.1, 0.15) is 24.5 Å². The highest BCUT2D eigenvalue weighted by atomic mass is 16.0. The van der Waals surface area contributed by atoms with Gasteiger partial charge >= 0.3 is 0 Å². The fourth-order valence-electron chi connectivity index (χ4n) is 0.730. The standard InChI is InChI=1S/C4H4N6.C2H6.H2O/c1-3(7-9-5-1)4-2-6-10-8-4;1-2;/h1-2H2;1-2H3;1H2. The third kappa shape index (κ3) is 2.79. The zero-order valence-electron chi connectivity index (χ0n) is 7.60. The molecule has 2 aliphatic heterocycles. The van der Waals surface area contributed by atoms with Crippen molar-refractivity contribution in [1.29, 1.82) is 0 Å². The molecule has 0 bridgehead atoms.